The molecule has 1 atom stereocenters. The van der Waals surface area contributed by atoms with Gasteiger partial charge in [0.2, 0.25) is 0 Å². The molecule has 2 rings (SSSR count). The first-order chi connectivity index (χ1) is 9.00. The lowest BCUT2D eigenvalue weighted by Gasteiger charge is -2.26. The zero-order valence-electron chi connectivity index (χ0n) is 11.4. The van der Waals surface area contributed by atoms with Crippen molar-refractivity contribution in [3.8, 4) is 0 Å². The van der Waals surface area contributed by atoms with Crippen LogP contribution in [0, 0.1) is 12.8 Å². The van der Waals surface area contributed by atoms with Crippen LogP contribution in [-0.2, 0) is 11.2 Å². The van der Waals surface area contributed by atoms with Crippen LogP contribution in [0.2, 0.25) is 0 Å². The quantitative estimate of drug-likeness (QED) is 0.857. The molecule has 0 aromatic heterocycles. The number of carbonyl (C=O) groups is 1. The standard InChI is InChI=1S/C16H22O3/c1-12-6-2-3-7-13(12)10-14(15(17)18)11-16(19)8-4-5-9-16/h2-3,6-7,14,19H,4-5,8-11H2,1H3,(H,17,18). The molecule has 3 nitrogen and oxygen atoms in total. The van der Waals surface area contributed by atoms with E-state index in [0.717, 1.165) is 36.8 Å². The second kappa shape index (κ2) is 5.74. The highest BCUT2D eigenvalue weighted by atomic mass is 16.4. The average Bonchev–Trinajstić information content (AvgIpc) is 2.78. The van der Waals surface area contributed by atoms with Gasteiger partial charge >= 0.3 is 5.97 Å². The van der Waals surface area contributed by atoms with Crippen molar-refractivity contribution in [2.45, 2.75) is 51.0 Å². The Morgan fingerprint density at radius 1 is 1.32 bits per heavy atom. The summed E-state index contributed by atoms with van der Waals surface area (Å²) >= 11 is 0. The molecule has 0 spiro atoms. The highest BCUT2D eigenvalue weighted by Gasteiger charge is 2.36. The van der Waals surface area contributed by atoms with Gasteiger partial charge in [0.05, 0.1) is 11.5 Å². The molecule has 1 saturated carbocycles. The van der Waals surface area contributed by atoms with Crippen molar-refractivity contribution < 1.29 is 15.0 Å². The number of rotatable bonds is 5. The van der Waals surface area contributed by atoms with Crippen molar-refractivity contribution in [2.24, 2.45) is 5.92 Å². The normalized spacial score (nSPS) is 19.3. The van der Waals surface area contributed by atoms with Gasteiger partial charge < -0.3 is 10.2 Å². The number of benzene rings is 1. The van der Waals surface area contributed by atoms with Gasteiger partial charge in [-0.3, -0.25) is 4.79 Å². The topological polar surface area (TPSA) is 57.5 Å². The molecule has 2 N–H and O–H groups in total. The van der Waals surface area contributed by atoms with Crippen molar-refractivity contribution in [1.29, 1.82) is 0 Å². The van der Waals surface area contributed by atoms with Gasteiger partial charge in [0.15, 0.2) is 0 Å². The summed E-state index contributed by atoms with van der Waals surface area (Å²) in [5.41, 5.74) is 1.43. The maximum atomic E-state index is 11.4. The molecule has 1 fully saturated rings. The van der Waals surface area contributed by atoms with Gasteiger partial charge in [-0.25, -0.2) is 0 Å². The van der Waals surface area contributed by atoms with Gasteiger partial charge in [0, 0.05) is 0 Å². The summed E-state index contributed by atoms with van der Waals surface area (Å²) in [5.74, 6) is -1.30. The predicted molar refractivity (Wildman–Crippen MR) is 74.0 cm³/mol. The van der Waals surface area contributed by atoms with Gasteiger partial charge in [-0.05, 0) is 43.7 Å². The molecule has 1 aliphatic rings. The van der Waals surface area contributed by atoms with Crippen molar-refractivity contribution in [1.82, 2.24) is 0 Å². The van der Waals surface area contributed by atoms with Crippen molar-refractivity contribution in [3.63, 3.8) is 0 Å². The molecule has 1 aliphatic carbocycles. The third-order valence-corrected chi connectivity index (χ3v) is 4.24. The lowest BCUT2D eigenvalue weighted by atomic mass is 9.84. The Bertz CT molecular complexity index is 447. The number of carboxylic acid groups (broad SMARTS) is 1. The second-order valence-corrected chi connectivity index (χ2v) is 5.80. The van der Waals surface area contributed by atoms with Gasteiger partial charge in [-0.15, -0.1) is 0 Å². The number of hydrogen-bond donors (Lipinski definition) is 2. The molecule has 0 radical (unpaired) electrons. The summed E-state index contributed by atoms with van der Waals surface area (Å²) in [6.07, 6.45) is 4.37. The molecule has 0 aliphatic heterocycles. The van der Waals surface area contributed by atoms with Crippen LogP contribution >= 0.6 is 0 Å². The molecule has 1 aromatic rings. The van der Waals surface area contributed by atoms with Crippen LogP contribution in [0.25, 0.3) is 0 Å². The zero-order chi connectivity index (χ0) is 13.9. The van der Waals surface area contributed by atoms with E-state index < -0.39 is 17.5 Å². The molecule has 104 valence electrons. The van der Waals surface area contributed by atoms with E-state index in [9.17, 15) is 15.0 Å². The fraction of sp³-hybridized carbons (Fsp3) is 0.562. The van der Waals surface area contributed by atoms with Crippen molar-refractivity contribution >= 4 is 5.97 Å². The fourth-order valence-electron chi connectivity index (χ4n) is 3.05. The predicted octanol–water partition coefficient (Wildman–Crippen LogP) is 2.93. The summed E-state index contributed by atoms with van der Waals surface area (Å²) in [7, 11) is 0. The number of aliphatic carboxylic acids is 1. The Kier molecular flexibility index (Phi) is 4.25. The lowest BCUT2D eigenvalue weighted by Crippen LogP contribution is -2.32. The Balaban J connectivity index is 2.08. The van der Waals surface area contributed by atoms with Crippen LogP contribution in [0.4, 0.5) is 0 Å². The minimum absolute atomic E-state index is 0.372. The van der Waals surface area contributed by atoms with Crippen LogP contribution in [0.5, 0.6) is 0 Å². The van der Waals surface area contributed by atoms with E-state index in [2.05, 4.69) is 0 Å². The molecule has 19 heavy (non-hydrogen) atoms. The SMILES string of the molecule is Cc1ccccc1CC(CC1(O)CCCC1)C(=O)O. The third-order valence-electron chi connectivity index (χ3n) is 4.24. The summed E-state index contributed by atoms with van der Waals surface area (Å²) in [4.78, 5) is 11.4. The highest BCUT2D eigenvalue weighted by Crippen LogP contribution is 2.35. The number of carboxylic acids is 1. The lowest BCUT2D eigenvalue weighted by molar-refractivity contribution is -0.144. The monoisotopic (exact) mass is 262 g/mol. The maximum Gasteiger partial charge on any atom is 0.306 e. The molecule has 1 unspecified atom stereocenters. The maximum absolute atomic E-state index is 11.4. The van der Waals surface area contributed by atoms with E-state index in [-0.39, 0.29) is 0 Å². The van der Waals surface area contributed by atoms with Gasteiger partial charge in [-0.1, -0.05) is 37.1 Å². The third kappa shape index (κ3) is 3.57. The largest absolute Gasteiger partial charge is 0.481 e. The van der Waals surface area contributed by atoms with Crippen LogP contribution < -0.4 is 0 Å². The Morgan fingerprint density at radius 3 is 2.53 bits per heavy atom. The highest BCUT2D eigenvalue weighted by molar-refractivity contribution is 5.70. The second-order valence-electron chi connectivity index (χ2n) is 5.80. The molecule has 0 bridgehead atoms. The van der Waals surface area contributed by atoms with Crippen LogP contribution in [0.3, 0.4) is 0 Å². The zero-order valence-corrected chi connectivity index (χ0v) is 11.4. The van der Waals surface area contributed by atoms with E-state index >= 15 is 0 Å². The first-order valence-electron chi connectivity index (χ1n) is 7.00. The van der Waals surface area contributed by atoms with E-state index in [1.54, 1.807) is 0 Å². The Labute approximate surface area is 114 Å². The van der Waals surface area contributed by atoms with E-state index in [0.29, 0.717) is 12.8 Å². The van der Waals surface area contributed by atoms with E-state index in [4.69, 9.17) is 0 Å². The first kappa shape index (κ1) is 14.1. The molecular weight excluding hydrogens is 240 g/mol. The van der Waals surface area contributed by atoms with E-state index in [1.165, 1.54) is 0 Å². The average molecular weight is 262 g/mol. The minimum Gasteiger partial charge on any atom is -0.481 e. The minimum atomic E-state index is -0.802. The number of hydrogen-bond acceptors (Lipinski definition) is 2. The molecule has 3 heteroatoms. The molecule has 1 aromatic carbocycles. The van der Waals surface area contributed by atoms with Gasteiger partial charge in [0.1, 0.15) is 0 Å². The molecule has 0 saturated heterocycles. The number of aliphatic hydroxyl groups is 1. The molecule has 0 heterocycles. The summed E-state index contributed by atoms with van der Waals surface area (Å²) < 4.78 is 0. The number of aryl methyl sites for hydroxylation is 1. The summed E-state index contributed by atoms with van der Waals surface area (Å²) in [5, 5.41) is 19.8. The smallest absolute Gasteiger partial charge is 0.306 e. The van der Waals surface area contributed by atoms with Crippen molar-refractivity contribution in [3.05, 3.63) is 35.4 Å². The molecular formula is C16H22O3. The van der Waals surface area contributed by atoms with Gasteiger partial charge in [0.25, 0.3) is 0 Å². The van der Waals surface area contributed by atoms with Crippen molar-refractivity contribution in [2.75, 3.05) is 0 Å². The summed E-state index contributed by atoms with van der Waals surface area (Å²) in [6.45, 7) is 2.00. The van der Waals surface area contributed by atoms with Crippen LogP contribution in [0.15, 0.2) is 24.3 Å². The van der Waals surface area contributed by atoms with E-state index in [1.807, 2.05) is 31.2 Å². The molecule has 0 amide bonds. The Hall–Kier alpha value is -1.35. The van der Waals surface area contributed by atoms with Gasteiger partial charge in [-0.2, -0.15) is 0 Å². The first-order valence-corrected chi connectivity index (χ1v) is 7.00. The summed E-state index contributed by atoms with van der Waals surface area (Å²) in [6, 6.07) is 7.87. The van der Waals surface area contributed by atoms with Crippen LogP contribution in [0.1, 0.15) is 43.2 Å². The fourth-order valence-corrected chi connectivity index (χ4v) is 3.05. The van der Waals surface area contributed by atoms with Crippen LogP contribution in [-0.4, -0.2) is 21.8 Å². The Morgan fingerprint density at radius 2 is 1.95 bits per heavy atom.